The van der Waals surface area contributed by atoms with Crippen molar-refractivity contribution in [3.63, 3.8) is 0 Å². The summed E-state index contributed by atoms with van der Waals surface area (Å²) in [6, 6.07) is 3.76. The summed E-state index contributed by atoms with van der Waals surface area (Å²) >= 11 is 4.19. The number of carbonyl (C=O) groups excluding carboxylic acids is 2. The molecule has 2 rings (SSSR count). The largest absolute Gasteiger partial charge is 0.288 e. The second-order valence-electron chi connectivity index (χ2n) is 3.47. The summed E-state index contributed by atoms with van der Waals surface area (Å²) < 4.78 is 0. The minimum atomic E-state index is -0.0932. The highest BCUT2D eigenvalue weighted by Gasteiger charge is 2.16. The Labute approximate surface area is 123 Å². The van der Waals surface area contributed by atoms with Crippen LogP contribution in [0.25, 0.3) is 0 Å². The molecule has 2 nitrogen and oxygen atoms in total. The van der Waals surface area contributed by atoms with E-state index >= 15 is 0 Å². The van der Waals surface area contributed by atoms with E-state index in [0.717, 1.165) is 9.79 Å². The number of rotatable bonds is 6. The molecule has 0 saturated heterocycles. The molecule has 2 aromatic heterocycles. The van der Waals surface area contributed by atoms with E-state index in [4.69, 9.17) is 0 Å². The molecule has 2 heterocycles. The van der Waals surface area contributed by atoms with Gasteiger partial charge in [0.1, 0.15) is 0 Å². The van der Waals surface area contributed by atoms with E-state index in [1.165, 1.54) is 46.6 Å². The molecule has 0 atom stereocenters. The summed E-state index contributed by atoms with van der Waals surface area (Å²) in [5.41, 5.74) is 0. The standard InChI is InChI=1S/C14H10O2S3/c1-3-9(15)13-11(5-7-17-13)19-12-6-8-18-14(12)10(16)4-2/h3-8H,1-2H2. The maximum atomic E-state index is 11.7. The number of hydrogen-bond acceptors (Lipinski definition) is 5. The van der Waals surface area contributed by atoms with Gasteiger partial charge in [0.15, 0.2) is 11.6 Å². The first-order valence-electron chi connectivity index (χ1n) is 5.33. The molecule has 0 aliphatic rings. The molecule has 5 heteroatoms. The van der Waals surface area contributed by atoms with Crippen LogP contribution in [-0.4, -0.2) is 11.6 Å². The molecule has 0 N–H and O–H groups in total. The Bertz CT molecular complexity index is 593. The zero-order chi connectivity index (χ0) is 13.8. The molecule has 19 heavy (non-hydrogen) atoms. The topological polar surface area (TPSA) is 34.1 Å². The fraction of sp³-hybridized carbons (Fsp3) is 0. The summed E-state index contributed by atoms with van der Waals surface area (Å²) in [5.74, 6) is -0.186. The van der Waals surface area contributed by atoms with Crippen LogP contribution in [0.3, 0.4) is 0 Å². The van der Waals surface area contributed by atoms with Crippen molar-refractivity contribution >= 4 is 46.0 Å². The highest BCUT2D eigenvalue weighted by molar-refractivity contribution is 7.99. The van der Waals surface area contributed by atoms with Gasteiger partial charge in [-0.25, -0.2) is 0 Å². The van der Waals surface area contributed by atoms with Gasteiger partial charge in [-0.3, -0.25) is 9.59 Å². The lowest BCUT2D eigenvalue weighted by Crippen LogP contribution is -1.93. The monoisotopic (exact) mass is 306 g/mol. The first-order chi connectivity index (χ1) is 9.17. The van der Waals surface area contributed by atoms with Crippen molar-refractivity contribution < 1.29 is 9.59 Å². The highest BCUT2D eigenvalue weighted by Crippen LogP contribution is 2.37. The summed E-state index contributed by atoms with van der Waals surface area (Å²) in [6.45, 7) is 6.99. The van der Waals surface area contributed by atoms with Crippen molar-refractivity contribution in [2.45, 2.75) is 9.79 Å². The van der Waals surface area contributed by atoms with Gasteiger partial charge in [-0.15, -0.1) is 22.7 Å². The second kappa shape index (κ2) is 6.14. The SMILES string of the molecule is C=CC(=O)c1sccc1Sc1ccsc1C(=O)C=C. The Kier molecular flexibility index (Phi) is 4.52. The van der Waals surface area contributed by atoms with Crippen LogP contribution < -0.4 is 0 Å². The lowest BCUT2D eigenvalue weighted by atomic mass is 10.3. The molecular weight excluding hydrogens is 296 g/mol. The van der Waals surface area contributed by atoms with Gasteiger partial charge in [0.25, 0.3) is 0 Å². The molecule has 0 fully saturated rings. The van der Waals surface area contributed by atoms with Gasteiger partial charge in [-0.05, 0) is 35.0 Å². The molecule has 0 unspecified atom stereocenters. The van der Waals surface area contributed by atoms with E-state index in [9.17, 15) is 9.59 Å². The van der Waals surface area contributed by atoms with E-state index < -0.39 is 0 Å². The van der Waals surface area contributed by atoms with Gasteiger partial charge in [-0.2, -0.15) is 0 Å². The van der Waals surface area contributed by atoms with Crippen LogP contribution in [-0.2, 0) is 0 Å². The van der Waals surface area contributed by atoms with Crippen LogP contribution in [0.15, 0.2) is 58.0 Å². The third-order valence-corrected chi connectivity index (χ3v) is 5.53. The van der Waals surface area contributed by atoms with Crippen LogP contribution in [0.4, 0.5) is 0 Å². The average molecular weight is 306 g/mol. The van der Waals surface area contributed by atoms with Crippen LogP contribution in [0.1, 0.15) is 19.3 Å². The Morgan fingerprint density at radius 2 is 1.37 bits per heavy atom. The molecule has 0 aliphatic heterocycles. The molecule has 0 aliphatic carbocycles. The van der Waals surface area contributed by atoms with Gasteiger partial charge in [0, 0.05) is 9.79 Å². The number of thiophene rings is 2. The minimum Gasteiger partial charge on any atom is -0.288 e. The molecule has 0 bridgehead atoms. The molecule has 0 aromatic carbocycles. The first kappa shape index (κ1) is 14.0. The fourth-order valence-corrected chi connectivity index (χ4v) is 4.47. The quantitative estimate of drug-likeness (QED) is 0.573. The second-order valence-corrected chi connectivity index (χ2v) is 6.38. The van der Waals surface area contributed by atoms with Gasteiger partial charge in [0.2, 0.25) is 0 Å². The Balaban J connectivity index is 2.32. The van der Waals surface area contributed by atoms with Gasteiger partial charge >= 0.3 is 0 Å². The van der Waals surface area contributed by atoms with Crippen molar-refractivity contribution in [2.24, 2.45) is 0 Å². The van der Waals surface area contributed by atoms with Crippen molar-refractivity contribution in [3.8, 4) is 0 Å². The average Bonchev–Trinajstić information content (AvgIpc) is 3.06. The molecule has 0 spiro atoms. The van der Waals surface area contributed by atoms with Crippen LogP contribution in [0.5, 0.6) is 0 Å². The molecule has 0 radical (unpaired) electrons. The predicted molar refractivity (Wildman–Crippen MR) is 81.8 cm³/mol. The Morgan fingerprint density at radius 1 is 0.947 bits per heavy atom. The van der Waals surface area contributed by atoms with Crippen LogP contribution >= 0.6 is 34.4 Å². The van der Waals surface area contributed by atoms with Crippen molar-refractivity contribution in [3.05, 3.63) is 58.0 Å². The highest BCUT2D eigenvalue weighted by atomic mass is 32.2. The maximum absolute atomic E-state index is 11.7. The Morgan fingerprint density at radius 3 is 1.74 bits per heavy atom. The third-order valence-electron chi connectivity index (χ3n) is 2.30. The van der Waals surface area contributed by atoms with E-state index in [0.29, 0.717) is 9.75 Å². The summed E-state index contributed by atoms with van der Waals surface area (Å²) in [5, 5.41) is 3.72. The van der Waals surface area contributed by atoms with Gasteiger partial charge in [-0.1, -0.05) is 24.9 Å². The minimum absolute atomic E-state index is 0.0932. The van der Waals surface area contributed by atoms with Gasteiger partial charge < -0.3 is 0 Å². The summed E-state index contributed by atoms with van der Waals surface area (Å²) in [7, 11) is 0. The van der Waals surface area contributed by atoms with E-state index in [2.05, 4.69) is 13.2 Å². The number of carbonyl (C=O) groups is 2. The zero-order valence-electron chi connectivity index (χ0n) is 9.92. The third kappa shape index (κ3) is 2.94. The van der Waals surface area contributed by atoms with Crippen molar-refractivity contribution in [1.82, 2.24) is 0 Å². The van der Waals surface area contributed by atoms with Crippen molar-refractivity contribution in [1.29, 1.82) is 0 Å². The molecule has 96 valence electrons. The van der Waals surface area contributed by atoms with Crippen molar-refractivity contribution in [2.75, 3.05) is 0 Å². The normalized spacial score (nSPS) is 10.1. The van der Waals surface area contributed by atoms with Gasteiger partial charge in [0.05, 0.1) is 9.75 Å². The fourth-order valence-electron chi connectivity index (χ4n) is 1.42. The smallest absolute Gasteiger partial charge is 0.196 e. The maximum Gasteiger partial charge on any atom is 0.196 e. The Hall–Kier alpha value is -1.43. The molecule has 2 aromatic rings. The van der Waals surface area contributed by atoms with Crippen LogP contribution in [0.2, 0.25) is 0 Å². The van der Waals surface area contributed by atoms with E-state index in [1.807, 2.05) is 22.9 Å². The van der Waals surface area contributed by atoms with E-state index in [-0.39, 0.29) is 11.6 Å². The molecule has 0 amide bonds. The molecular formula is C14H10O2S3. The lowest BCUT2D eigenvalue weighted by molar-refractivity contribution is 0.104. The summed E-state index contributed by atoms with van der Waals surface area (Å²) in [6.07, 6.45) is 2.61. The van der Waals surface area contributed by atoms with E-state index in [1.54, 1.807) is 0 Å². The predicted octanol–water partition coefficient (Wildman–Crippen LogP) is 4.70. The molecule has 0 saturated carbocycles. The number of hydrogen-bond donors (Lipinski definition) is 0. The number of ketones is 2. The van der Waals surface area contributed by atoms with Crippen LogP contribution in [0, 0.1) is 0 Å². The number of allylic oxidation sites excluding steroid dienone is 2. The first-order valence-corrected chi connectivity index (χ1v) is 7.91. The summed E-state index contributed by atoms with van der Waals surface area (Å²) in [4.78, 5) is 26.4. The zero-order valence-corrected chi connectivity index (χ0v) is 12.4. The lowest BCUT2D eigenvalue weighted by Gasteiger charge is -2.01.